The molecule has 1 fully saturated rings. The van der Waals surface area contributed by atoms with E-state index >= 15 is 0 Å². The summed E-state index contributed by atoms with van der Waals surface area (Å²) < 4.78 is 5.17. The predicted octanol–water partition coefficient (Wildman–Crippen LogP) is 0.909. The highest BCUT2D eigenvalue weighted by atomic mass is 35.5. The van der Waals surface area contributed by atoms with E-state index < -0.39 is 11.0 Å². The minimum atomic E-state index is -0.823. The Labute approximate surface area is 101 Å². The minimum Gasteiger partial charge on any atom is -0.388 e. The summed E-state index contributed by atoms with van der Waals surface area (Å²) in [5, 5.41) is 12.9. The van der Waals surface area contributed by atoms with Crippen molar-refractivity contribution in [2.24, 2.45) is 5.41 Å². The fourth-order valence-electron chi connectivity index (χ4n) is 1.47. The summed E-state index contributed by atoms with van der Waals surface area (Å²) in [6.07, 6.45) is 1.13. The molecule has 1 amide bonds. The molecule has 0 aromatic carbocycles. The Bertz CT molecular complexity index is 250. The molecule has 1 saturated heterocycles. The van der Waals surface area contributed by atoms with Crippen LogP contribution in [0.2, 0.25) is 0 Å². The van der Waals surface area contributed by atoms with Gasteiger partial charge in [0.1, 0.15) is 0 Å². The van der Waals surface area contributed by atoms with Crippen LogP contribution < -0.4 is 5.32 Å². The highest BCUT2D eigenvalue weighted by molar-refractivity contribution is 6.19. The van der Waals surface area contributed by atoms with Crippen LogP contribution in [-0.2, 0) is 9.53 Å². The van der Waals surface area contributed by atoms with Gasteiger partial charge in [0.15, 0.2) is 0 Å². The van der Waals surface area contributed by atoms with Gasteiger partial charge in [-0.3, -0.25) is 4.79 Å². The van der Waals surface area contributed by atoms with Gasteiger partial charge < -0.3 is 15.2 Å². The lowest BCUT2D eigenvalue weighted by Gasteiger charge is -2.33. The van der Waals surface area contributed by atoms with E-state index in [-0.39, 0.29) is 18.3 Å². The summed E-state index contributed by atoms with van der Waals surface area (Å²) in [7, 11) is 0. The molecule has 1 aliphatic rings. The Morgan fingerprint density at radius 1 is 1.50 bits per heavy atom. The molecule has 0 aliphatic carbocycles. The average Bonchev–Trinajstić information content (AvgIpc) is 2.27. The first-order valence-electron chi connectivity index (χ1n) is 5.54. The zero-order chi connectivity index (χ0) is 12.2. The second-order valence-electron chi connectivity index (χ2n) is 5.04. The number of amides is 1. The van der Waals surface area contributed by atoms with Crippen molar-refractivity contribution in [2.75, 3.05) is 25.6 Å². The van der Waals surface area contributed by atoms with E-state index in [1.54, 1.807) is 13.8 Å². The zero-order valence-electron chi connectivity index (χ0n) is 9.88. The SMILES string of the molecule is CC(C)(CCl)C(=O)NCC1(O)CCOCC1. The molecule has 16 heavy (non-hydrogen) atoms. The van der Waals surface area contributed by atoms with Crippen LogP contribution in [0.4, 0.5) is 0 Å². The smallest absolute Gasteiger partial charge is 0.226 e. The lowest BCUT2D eigenvalue weighted by atomic mass is 9.92. The van der Waals surface area contributed by atoms with Crippen LogP contribution in [0.25, 0.3) is 0 Å². The predicted molar refractivity (Wildman–Crippen MR) is 62.5 cm³/mol. The lowest BCUT2D eigenvalue weighted by Crippen LogP contribution is -2.49. The van der Waals surface area contributed by atoms with E-state index in [1.807, 2.05) is 0 Å². The Morgan fingerprint density at radius 3 is 2.56 bits per heavy atom. The third-order valence-electron chi connectivity index (χ3n) is 2.95. The van der Waals surface area contributed by atoms with Crippen LogP contribution in [0, 0.1) is 5.41 Å². The van der Waals surface area contributed by atoms with E-state index in [9.17, 15) is 9.90 Å². The maximum atomic E-state index is 11.7. The molecule has 0 saturated carbocycles. The highest BCUT2D eigenvalue weighted by Gasteiger charge is 2.33. The van der Waals surface area contributed by atoms with Crippen molar-refractivity contribution < 1.29 is 14.6 Å². The van der Waals surface area contributed by atoms with Gasteiger partial charge >= 0.3 is 0 Å². The van der Waals surface area contributed by atoms with Crippen LogP contribution in [0.15, 0.2) is 0 Å². The van der Waals surface area contributed by atoms with Gasteiger partial charge in [0.25, 0.3) is 0 Å². The number of hydrogen-bond acceptors (Lipinski definition) is 3. The number of ether oxygens (including phenoxy) is 1. The highest BCUT2D eigenvalue weighted by Crippen LogP contribution is 2.21. The number of aliphatic hydroxyl groups is 1. The van der Waals surface area contributed by atoms with Gasteiger partial charge in [0.2, 0.25) is 5.91 Å². The maximum Gasteiger partial charge on any atom is 0.226 e. The third-order valence-corrected chi connectivity index (χ3v) is 3.62. The molecule has 1 aliphatic heterocycles. The second-order valence-corrected chi connectivity index (χ2v) is 5.30. The number of halogens is 1. The van der Waals surface area contributed by atoms with Gasteiger partial charge in [0, 0.05) is 38.5 Å². The summed E-state index contributed by atoms with van der Waals surface area (Å²) in [5.41, 5.74) is -1.42. The van der Waals surface area contributed by atoms with Crippen molar-refractivity contribution >= 4 is 17.5 Å². The topological polar surface area (TPSA) is 58.6 Å². The van der Waals surface area contributed by atoms with Gasteiger partial charge in [-0.1, -0.05) is 0 Å². The van der Waals surface area contributed by atoms with Gasteiger partial charge in [-0.05, 0) is 13.8 Å². The summed E-state index contributed by atoms with van der Waals surface area (Å²) in [5.74, 6) is 0.141. The molecule has 94 valence electrons. The molecule has 0 bridgehead atoms. The standard InChI is InChI=1S/C11H20ClNO3/c1-10(2,7-12)9(14)13-8-11(15)3-5-16-6-4-11/h15H,3-8H2,1-2H3,(H,13,14). The Kier molecular flexibility index (Phi) is 4.59. The van der Waals surface area contributed by atoms with Crippen molar-refractivity contribution in [3.8, 4) is 0 Å². The number of rotatable bonds is 4. The Hall–Kier alpha value is -0.320. The third kappa shape index (κ3) is 3.61. The summed E-state index contributed by atoms with van der Waals surface area (Å²) in [6, 6.07) is 0. The fourth-order valence-corrected chi connectivity index (χ4v) is 1.59. The molecule has 0 radical (unpaired) electrons. The molecular weight excluding hydrogens is 230 g/mol. The molecule has 0 aromatic rings. The first kappa shape index (κ1) is 13.7. The number of alkyl halides is 1. The molecule has 5 heteroatoms. The minimum absolute atomic E-state index is 0.123. The maximum absolute atomic E-state index is 11.7. The zero-order valence-corrected chi connectivity index (χ0v) is 10.6. The first-order valence-corrected chi connectivity index (χ1v) is 6.07. The van der Waals surface area contributed by atoms with Crippen LogP contribution in [0.3, 0.4) is 0 Å². The van der Waals surface area contributed by atoms with Crippen molar-refractivity contribution in [3.05, 3.63) is 0 Å². The molecule has 4 nitrogen and oxygen atoms in total. The molecule has 0 spiro atoms. The first-order chi connectivity index (χ1) is 7.40. The molecule has 0 aromatic heterocycles. The lowest BCUT2D eigenvalue weighted by molar-refractivity contribution is -0.131. The number of carbonyl (C=O) groups is 1. The van der Waals surface area contributed by atoms with Crippen molar-refractivity contribution in [1.82, 2.24) is 5.32 Å². The van der Waals surface area contributed by atoms with Gasteiger partial charge in [-0.2, -0.15) is 0 Å². The van der Waals surface area contributed by atoms with Crippen molar-refractivity contribution in [3.63, 3.8) is 0 Å². The average molecular weight is 250 g/mol. The molecule has 0 atom stereocenters. The van der Waals surface area contributed by atoms with E-state index in [0.29, 0.717) is 26.1 Å². The second kappa shape index (κ2) is 5.34. The van der Waals surface area contributed by atoms with Gasteiger partial charge in [-0.15, -0.1) is 11.6 Å². The van der Waals surface area contributed by atoms with E-state index in [4.69, 9.17) is 16.3 Å². The monoisotopic (exact) mass is 249 g/mol. The quantitative estimate of drug-likeness (QED) is 0.729. The molecule has 2 N–H and O–H groups in total. The Balaban J connectivity index is 2.41. The van der Waals surface area contributed by atoms with Crippen molar-refractivity contribution in [2.45, 2.75) is 32.3 Å². The largest absolute Gasteiger partial charge is 0.388 e. The number of nitrogens with one attached hydrogen (secondary N) is 1. The van der Waals surface area contributed by atoms with E-state index in [2.05, 4.69) is 5.32 Å². The number of hydrogen-bond donors (Lipinski definition) is 2. The summed E-state index contributed by atoms with van der Waals surface area (Å²) in [4.78, 5) is 11.7. The Morgan fingerprint density at radius 2 is 2.06 bits per heavy atom. The summed E-state index contributed by atoms with van der Waals surface area (Å²) in [6.45, 7) is 4.93. The van der Waals surface area contributed by atoms with Crippen LogP contribution in [0.1, 0.15) is 26.7 Å². The molecule has 1 heterocycles. The van der Waals surface area contributed by atoms with E-state index in [0.717, 1.165) is 0 Å². The van der Waals surface area contributed by atoms with E-state index in [1.165, 1.54) is 0 Å². The normalized spacial score (nSPS) is 20.5. The molecule has 0 unspecified atom stereocenters. The van der Waals surface area contributed by atoms with Crippen molar-refractivity contribution in [1.29, 1.82) is 0 Å². The number of carbonyl (C=O) groups excluding carboxylic acids is 1. The summed E-state index contributed by atoms with van der Waals surface area (Å²) >= 11 is 5.70. The molecule has 1 rings (SSSR count). The van der Waals surface area contributed by atoms with Crippen LogP contribution in [-0.4, -0.2) is 42.3 Å². The van der Waals surface area contributed by atoms with Crippen LogP contribution >= 0.6 is 11.6 Å². The fraction of sp³-hybridized carbons (Fsp3) is 0.909. The van der Waals surface area contributed by atoms with Crippen LogP contribution in [0.5, 0.6) is 0 Å². The van der Waals surface area contributed by atoms with Gasteiger partial charge in [-0.25, -0.2) is 0 Å². The molecular formula is C11H20ClNO3. The van der Waals surface area contributed by atoms with Gasteiger partial charge in [0.05, 0.1) is 11.0 Å².